The normalized spacial score (nSPS) is 21.1. The lowest BCUT2D eigenvalue weighted by atomic mass is 9.85. The summed E-state index contributed by atoms with van der Waals surface area (Å²) in [7, 11) is 1.47. The number of nitrogens with two attached hydrogens (primary N) is 1. The molecule has 1 aliphatic heterocycles. The molecule has 154 valence electrons. The van der Waals surface area contributed by atoms with Gasteiger partial charge in [-0.1, -0.05) is 0 Å². The van der Waals surface area contributed by atoms with Crippen molar-refractivity contribution in [1.82, 2.24) is 4.98 Å². The van der Waals surface area contributed by atoms with E-state index in [4.69, 9.17) is 15.2 Å². The lowest BCUT2D eigenvalue weighted by molar-refractivity contribution is 0.0781. The summed E-state index contributed by atoms with van der Waals surface area (Å²) in [6.07, 6.45) is 0.0822. The Morgan fingerprint density at radius 3 is 2.79 bits per heavy atom. The van der Waals surface area contributed by atoms with Crippen LogP contribution in [0.4, 0.5) is 18.9 Å². The Morgan fingerprint density at radius 2 is 2.17 bits per heavy atom. The molecule has 0 spiro atoms. The van der Waals surface area contributed by atoms with E-state index in [-0.39, 0.29) is 23.4 Å². The van der Waals surface area contributed by atoms with Gasteiger partial charge in [-0.05, 0) is 30.3 Å². The maximum atomic E-state index is 14.5. The van der Waals surface area contributed by atoms with E-state index in [9.17, 15) is 18.0 Å². The molecular weight excluding hydrogens is 389 g/mol. The SMILES string of the molecule is COc1ccc(C(=O)Nc2ccc(F)c([C@]3(CF)C[C@@H](CF)OC(N)=N3)c2)nc1. The van der Waals surface area contributed by atoms with E-state index in [0.29, 0.717) is 5.75 Å². The number of hydrogen-bond donors (Lipinski definition) is 2. The third-order valence-corrected chi connectivity index (χ3v) is 4.50. The molecule has 0 saturated heterocycles. The number of halogens is 3. The number of aliphatic imine (C=N–C) groups is 1. The number of anilines is 1. The summed E-state index contributed by atoms with van der Waals surface area (Å²) in [5.41, 5.74) is 3.92. The number of amidine groups is 1. The number of benzene rings is 1. The summed E-state index contributed by atoms with van der Waals surface area (Å²) >= 11 is 0. The molecule has 7 nitrogen and oxygen atoms in total. The molecular formula is C19H19F3N4O3. The average molecular weight is 408 g/mol. The average Bonchev–Trinajstić information content (AvgIpc) is 2.74. The molecule has 0 unspecified atom stereocenters. The topological polar surface area (TPSA) is 98.8 Å². The summed E-state index contributed by atoms with van der Waals surface area (Å²) in [6, 6.07) is 6.21. The zero-order valence-electron chi connectivity index (χ0n) is 15.5. The van der Waals surface area contributed by atoms with Crippen LogP contribution in [-0.4, -0.2) is 43.5 Å². The number of rotatable bonds is 6. The predicted molar refractivity (Wildman–Crippen MR) is 99.9 cm³/mol. The van der Waals surface area contributed by atoms with Gasteiger partial charge in [0.2, 0.25) is 0 Å². The second kappa shape index (κ2) is 8.38. The van der Waals surface area contributed by atoms with Gasteiger partial charge in [0, 0.05) is 17.7 Å². The molecule has 2 heterocycles. The maximum Gasteiger partial charge on any atom is 0.283 e. The molecule has 2 aromatic rings. The molecule has 0 saturated carbocycles. The van der Waals surface area contributed by atoms with Crippen molar-refractivity contribution in [3.63, 3.8) is 0 Å². The van der Waals surface area contributed by atoms with Crippen molar-refractivity contribution < 1.29 is 27.4 Å². The van der Waals surface area contributed by atoms with Crippen LogP contribution in [0.5, 0.6) is 5.75 Å². The lowest BCUT2D eigenvalue weighted by Crippen LogP contribution is -2.43. The fourth-order valence-electron chi connectivity index (χ4n) is 3.07. The van der Waals surface area contributed by atoms with Crippen molar-refractivity contribution in [1.29, 1.82) is 0 Å². The molecule has 3 rings (SSSR count). The first kappa shape index (κ1) is 20.4. The second-order valence-electron chi connectivity index (χ2n) is 6.45. The third kappa shape index (κ3) is 4.25. The minimum atomic E-state index is -1.75. The van der Waals surface area contributed by atoms with Crippen LogP contribution in [0, 0.1) is 5.82 Å². The van der Waals surface area contributed by atoms with Gasteiger partial charge in [-0.2, -0.15) is 0 Å². The highest BCUT2D eigenvalue weighted by Gasteiger charge is 2.42. The van der Waals surface area contributed by atoms with Gasteiger partial charge in [-0.25, -0.2) is 23.1 Å². The molecule has 1 aromatic heterocycles. The van der Waals surface area contributed by atoms with E-state index >= 15 is 0 Å². The zero-order chi connectivity index (χ0) is 21.0. The summed E-state index contributed by atoms with van der Waals surface area (Å²) in [5, 5.41) is 2.56. The number of nitrogens with one attached hydrogen (secondary N) is 1. The van der Waals surface area contributed by atoms with Crippen LogP contribution >= 0.6 is 0 Å². The molecule has 3 N–H and O–H groups in total. The van der Waals surface area contributed by atoms with Gasteiger partial charge in [0.1, 0.15) is 42.3 Å². The molecule has 1 amide bonds. The molecule has 0 fully saturated rings. The van der Waals surface area contributed by atoms with Crippen LogP contribution in [0.25, 0.3) is 0 Å². The van der Waals surface area contributed by atoms with Crippen LogP contribution < -0.4 is 15.8 Å². The number of pyridine rings is 1. The van der Waals surface area contributed by atoms with Gasteiger partial charge in [0.05, 0.1) is 13.3 Å². The van der Waals surface area contributed by atoms with E-state index in [0.717, 1.165) is 6.07 Å². The highest BCUT2D eigenvalue weighted by molar-refractivity contribution is 6.02. The fraction of sp³-hybridized carbons (Fsp3) is 0.316. The van der Waals surface area contributed by atoms with Crippen molar-refractivity contribution in [3.8, 4) is 5.75 Å². The monoisotopic (exact) mass is 408 g/mol. The Kier molecular flexibility index (Phi) is 5.90. The molecule has 2 atom stereocenters. The maximum absolute atomic E-state index is 14.5. The van der Waals surface area contributed by atoms with Crippen LogP contribution in [-0.2, 0) is 10.3 Å². The van der Waals surface area contributed by atoms with Crippen LogP contribution in [0.15, 0.2) is 41.5 Å². The van der Waals surface area contributed by atoms with Crippen LogP contribution in [0.2, 0.25) is 0 Å². The van der Waals surface area contributed by atoms with Gasteiger partial charge in [0.25, 0.3) is 11.9 Å². The Balaban J connectivity index is 1.91. The number of ether oxygens (including phenoxy) is 2. The van der Waals surface area contributed by atoms with Crippen molar-refractivity contribution in [2.24, 2.45) is 10.7 Å². The van der Waals surface area contributed by atoms with Gasteiger partial charge in [0.15, 0.2) is 0 Å². The van der Waals surface area contributed by atoms with Crippen LogP contribution in [0.3, 0.4) is 0 Å². The second-order valence-corrected chi connectivity index (χ2v) is 6.45. The molecule has 10 heteroatoms. The quantitative estimate of drug-likeness (QED) is 0.766. The van der Waals surface area contributed by atoms with E-state index < -0.39 is 42.7 Å². The Hall–Kier alpha value is -3.30. The number of alkyl halides is 2. The molecule has 29 heavy (non-hydrogen) atoms. The number of carbonyl (C=O) groups excluding carboxylic acids is 1. The number of nitrogens with zero attached hydrogens (tertiary/aromatic N) is 2. The Morgan fingerprint density at radius 1 is 1.38 bits per heavy atom. The molecule has 1 aliphatic rings. The summed E-state index contributed by atoms with van der Waals surface area (Å²) in [5.74, 6) is -0.844. The Bertz CT molecular complexity index is 923. The molecule has 0 bridgehead atoms. The van der Waals surface area contributed by atoms with E-state index in [1.807, 2.05) is 0 Å². The first-order valence-corrected chi connectivity index (χ1v) is 8.66. The molecule has 0 aliphatic carbocycles. The standard InChI is InChI=1S/C19H19F3N4O3/c1-28-12-3-5-16(24-9-12)17(27)25-11-2-4-15(22)14(6-11)19(10-21)7-13(8-20)29-18(23)26-19/h2-6,9,13H,7-8,10H2,1H3,(H2,23,26)(H,25,27)/t13-,19+/m0/s1. The number of hydrogen-bond acceptors (Lipinski definition) is 6. The summed E-state index contributed by atoms with van der Waals surface area (Å²) in [4.78, 5) is 20.3. The van der Waals surface area contributed by atoms with Gasteiger partial charge in [-0.3, -0.25) is 4.79 Å². The van der Waals surface area contributed by atoms with Crippen molar-refractivity contribution >= 4 is 17.6 Å². The smallest absolute Gasteiger partial charge is 0.283 e. The fourth-order valence-corrected chi connectivity index (χ4v) is 3.07. The Labute approximate surface area is 164 Å². The van der Waals surface area contributed by atoms with Gasteiger partial charge >= 0.3 is 0 Å². The zero-order valence-corrected chi connectivity index (χ0v) is 15.5. The largest absolute Gasteiger partial charge is 0.495 e. The van der Waals surface area contributed by atoms with E-state index in [1.54, 1.807) is 6.07 Å². The van der Waals surface area contributed by atoms with Crippen LogP contribution in [0.1, 0.15) is 22.5 Å². The number of carbonyl (C=O) groups is 1. The minimum absolute atomic E-state index is 0.0997. The number of aromatic nitrogens is 1. The van der Waals surface area contributed by atoms with Crippen molar-refractivity contribution in [2.45, 2.75) is 18.1 Å². The third-order valence-electron chi connectivity index (χ3n) is 4.50. The van der Waals surface area contributed by atoms with E-state index in [2.05, 4.69) is 15.3 Å². The van der Waals surface area contributed by atoms with E-state index in [1.165, 1.54) is 31.5 Å². The van der Waals surface area contributed by atoms with Gasteiger partial charge in [-0.15, -0.1) is 0 Å². The number of methoxy groups -OCH3 is 1. The lowest BCUT2D eigenvalue weighted by Gasteiger charge is -2.35. The first-order valence-electron chi connectivity index (χ1n) is 8.66. The van der Waals surface area contributed by atoms with Gasteiger partial charge < -0.3 is 20.5 Å². The van der Waals surface area contributed by atoms with Crippen molar-refractivity contribution in [3.05, 3.63) is 53.6 Å². The first-order chi connectivity index (χ1) is 13.9. The number of amides is 1. The summed E-state index contributed by atoms with van der Waals surface area (Å²) in [6.45, 7) is -2.05. The summed E-state index contributed by atoms with van der Waals surface area (Å²) < 4.78 is 51.6. The highest BCUT2D eigenvalue weighted by atomic mass is 19.1. The molecule has 0 radical (unpaired) electrons. The predicted octanol–water partition coefficient (Wildman–Crippen LogP) is 2.72. The minimum Gasteiger partial charge on any atom is -0.495 e. The van der Waals surface area contributed by atoms with Crippen molar-refractivity contribution in [2.75, 3.05) is 25.8 Å². The molecule has 1 aromatic carbocycles. The highest BCUT2D eigenvalue weighted by Crippen LogP contribution is 2.38.